The number of primary sulfonamides is 1. The number of amides is 1. The van der Waals surface area contributed by atoms with Crippen molar-refractivity contribution in [2.75, 3.05) is 11.5 Å². The van der Waals surface area contributed by atoms with Crippen LogP contribution in [0.25, 0.3) is 0 Å². The Balaban J connectivity index is 1.69. The van der Waals surface area contributed by atoms with Crippen molar-refractivity contribution >= 4 is 38.9 Å². The summed E-state index contributed by atoms with van der Waals surface area (Å²) < 4.78 is 29.3. The third-order valence-corrected chi connectivity index (χ3v) is 6.28. The maximum absolute atomic E-state index is 12.6. The van der Waals surface area contributed by atoms with E-state index in [1.807, 2.05) is 6.92 Å². The molecule has 2 aromatic rings. The van der Waals surface area contributed by atoms with Crippen molar-refractivity contribution in [2.45, 2.75) is 37.8 Å². The van der Waals surface area contributed by atoms with Gasteiger partial charge in [0.1, 0.15) is 6.54 Å². The molecule has 150 valence electrons. The number of carbonyl (C=O) groups is 2. The summed E-state index contributed by atoms with van der Waals surface area (Å²) in [4.78, 5) is 37.4. The minimum Gasteiger partial charge on any atom is -0.454 e. The van der Waals surface area contributed by atoms with Gasteiger partial charge in [0.15, 0.2) is 6.61 Å². The van der Waals surface area contributed by atoms with E-state index in [1.165, 1.54) is 27.7 Å². The van der Waals surface area contributed by atoms with Gasteiger partial charge in [0.2, 0.25) is 10.0 Å². The summed E-state index contributed by atoms with van der Waals surface area (Å²) in [5.41, 5.74) is 1.89. The Kier molecular flexibility index (Phi) is 5.41. The van der Waals surface area contributed by atoms with Crippen molar-refractivity contribution in [3.05, 3.63) is 44.5 Å². The lowest BCUT2D eigenvalue weighted by molar-refractivity contribution is -0.148. The van der Waals surface area contributed by atoms with E-state index in [9.17, 15) is 22.8 Å². The maximum Gasteiger partial charge on any atom is 0.326 e. The molecule has 1 aromatic heterocycles. The molecule has 0 fully saturated rings. The number of aryl methyl sites for hydroxylation is 1. The van der Waals surface area contributed by atoms with Crippen LogP contribution in [0, 0.1) is 6.92 Å². The summed E-state index contributed by atoms with van der Waals surface area (Å²) in [7, 11) is -3.83. The lowest BCUT2D eigenvalue weighted by atomic mass is 10.1. The van der Waals surface area contributed by atoms with E-state index in [1.54, 1.807) is 12.3 Å². The Hall–Kier alpha value is -2.50. The number of rotatable bonds is 5. The van der Waals surface area contributed by atoms with Crippen LogP contribution < -0.4 is 14.9 Å². The van der Waals surface area contributed by atoms with E-state index < -0.39 is 28.5 Å². The number of hydrogen-bond acceptors (Lipinski definition) is 7. The summed E-state index contributed by atoms with van der Waals surface area (Å²) >= 11 is 0.986. The normalized spacial score (nSPS) is 16.1. The second kappa shape index (κ2) is 7.49. The number of benzene rings is 1. The fraction of sp³-hybridized carbons (Fsp3) is 0.353. The molecule has 0 unspecified atom stereocenters. The molecular weight excluding hydrogens is 406 g/mol. The molecule has 0 spiro atoms. The molecule has 0 radical (unpaired) electrons. The number of sulfonamides is 1. The number of carbonyl (C=O) groups excluding carboxylic acids is 2. The Morgan fingerprint density at radius 2 is 2.07 bits per heavy atom. The summed E-state index contributed by atoms with van der Waals surface area (Å²) in [5.74, 6) is -1.12. The van der Waals surface area contributed by atoms with E-state index >= 15 is 0 Å². The fourth-order valence-electron chi connectivity index (χ4n) is 3.15. The minimum absolute atomic E-state index is 0.0178. The molecule has 2 heterocycles. The molecule has 0 aliphatic carbocycles. The largest absolute Gasteiger partial charge is 0.454 e. The molecule has 1 amide bonds. The number of fused-ring (bicyclic) bond motifs is 1. The summed E-state index contributed by atoms with van der Waals surface area (Å²) in [6.45, 7) is 2.78. The number of nitrogens with two attached hydrogens (primary N) is 1. The highest BCUT2D eigenvalue weighted by Crippen LogP contribution is 2.33. The smallest absolute Gasteiger partial charge is 0.326 e. The Morgan fingerprint density at radius 3 is 2.68 bits per heavy atom. The number of hydrogen-bond donors (Lipinski definition) is 1. The summed E-state index contributed by atoms with van der Waals surface area (Å²) in [6.07, 6.45) is 0.460. The van der Waals surface area contributed by atoms with Crippen molar-refractivity contribution in [3.63, 3.8) is 0 Å². The van der Waals surface area contributed by atoms with Crippen LogP contribution in [0.5, 0.6) is 0 Å². The van der Waals surface area contributed by atoms with Gasteiger partial charge in [-0.1, -0.05) is 11.3 Å². The first-order valence-corrected chi connectivity index (χ1v) is 10.8. The van der Waals surface area contributed by atoms with Crippen molar-refractivity contribution in [3.8, 4) is 0 Å². The van der Waals surface area contributed by atoms with Gasteiger partial charge in [-0.15, -0.1) is 0 Å². The lowest BCUT2D eigenvalue weighted by Gasteiger charge is -2.22. The average Bonchev–Trinajstić information content (AvgIpc) is 3.11. The highest BCUT2D eigenvalue weighted by atomic mass is 32.2. The molecule has 1 aliphatic heterocycles. The molecular formula is C17H19N3O6S2. The average molecular weight is 425 g/mol. The first-order chi connectivity index (χ1) is 13.1. The van der Waals surface area contributed by atoms with E-state index in [0.717, 1.165) is 11.3 Å². The summed E-state index contributed by atoms with van der Waals surface area (Å²) in [6, 6.07) is 4.09. The maximum atomic E-state index is 12.6. The first kappa shape index (κ1) is 20.2. The summed E-state index contributed by atoms with van der Waals surface area (Å²) in [5, 5.41) is 6.79. The number of esters is 1. The van der Waals surface area contributed by atoms with E-state index in [4.69, 9.17) is 9.88 Å². The number of ether oxygens (including phenoxy) is 1. The zero-order chi connectivity index (χ0) is 20.6. The number of aromatic nitrogens is 1. The molecule has 0 saturated carbocycles. The van der Waals surface area contributed by atoms with Crippen LogP contribution in [0.1, 0.15) is 18.2 Å². The predicted octanol–water partition coefficient (Wildman–Crippen LogP) is 0.387. The SMILES string of the molecule is Cc1csc(=O)n1CC(=O)OCC(=O)N1c2ccc(S(N)(=O)=O)cc2C[C@@H]1C. The minimum atomic E-state index is -3.83. The second-order valence-electron chi connectivity index (χ2n) is 6.54. The standard InChI is InChI=1S/C17H19N3O6S2/c1-10-5-12-6-13(28(18,24)25)3-4-14(12)20(10)15(21)8-26-16(22)7-19-11(2)9-27-17(19)23/h3-4,6,9-10H,5,7-8H2,1-2H3,(H2,18,24,25)/t10-/m0/s1. The zero-order valence-electron chi connectivity index (χ0n) is 15.2. The third-order valence-electron chi connectivity index (χ3n) is 4.48. The number of thiazole rings is 1. The predicted molar refractivity (Wildman–Crippen MR) is 103 cm³/mol. The molecule has 0 bridgehead atoms. The Bertz CT molecular complexity index is 1100. The molecule has 2 N–H and O–H groups in total. The molecule has 11 heteroatoms. The van der Waals surface area contributed by atoms with Gasteiger partial charge in [-0.25, -0.2) is 13.6 Å². The third kappa shape index (κ3) is 4.01. The van der Waals surface area contributed by atoms with Gasteiger partial charge in [0.05, 0.1) is 4.90 Å². The quantitative estimate of drug-likeness (QED) is 0.690. The molecule has 1 atom stereocenters. The van der Waals surface area contributed by atoms with Crippen molar-refractivity contribution in [2.24, 2.45) is 5.14 Å². The van der Waals surface area contributed by atoms with Gasteiger partial charge in [-0.3, -0.25) is 19.0 Å². The number of anilines is 1. The van der Waals surface area contributed by atoms with Crippen LogP contribution >= 0.6 is 11.3 Å². The monoisotopic (exact) mass is 425 g/mol. The van der Waals surface area contributed by atoms with Gasteiger partial charge in [-0.05, 0) is 44.0 Å². The zero-order valence-corrected chi connectivity index (χ0v) is 16.9. The Morgan fingerprint density at radius 1 is 1.36 bits per heavy atom. The van der Waals surface area contributed by atoms with Crippen molar-refractivity contribution in [1.29, 1.82) is 0 Å². The van der Waals surface area contributed by atoms with Gasteiger partial charge in [-0.2, -0.15) is 0 Å². The molecule has 9 nitrogen and oxygen atoms in total. The van der Waals surface area contributed by atoms with Crippen LogP contribution in [-0.2, 0) is 37.3 Å². The first-order valence-electron chi connectivity index (χ1n) is 8.36. The van der Waals surface area contributed by atoms with Gasteiger partial charge in [0, 0.05) is 22.8 Å². The van der Waals surface area contributed by atoms with Crippen LogP contribution in [0.4, 0.5) is 5.69 Å². The molecule has 3 rings (SSSR count). The highest BCUT2D eigenvalue weighted by Gasteiger charge is 2.32. The van der Waals surface area contributed by atoms with Gasteiger partial charge >= 0.3 is 10.8 Å². The van der Waals surface area contributed by atoms with E-state index in [2.05, 4.69) is 0 Å². The van der Waals surface area contributed by atoms with Gasteiger partial charge in [0.25, 0.3) is 5.91 Å². The van der Waals surface area contributed by atoms with Crippen LogP contribution in [0.3, 0.4) is 0 Å². The van der Waals surface area contributed by atoms with E-state index in [0.29, 0.717) is 23.4 Å². The van der Waals surface area contributed by atoms with Gasteiger partial charge < -0.3 is 9.64 Å². The molecule has 0 saturated heterocycles. The lowest BCUT2D eigenvalue weighted by Crippen LogP contribution is -2.39. The van der Waals surface area contributed by atoms with E-state index in [-0.39, 0.29) is 22.4 Å². The van der Waals surface area contributed by atoms with Crippen molar-refractivity contribution in [1.82, 2.24) is 4.57 Å². The number of nitrogens with zero attached hydrogens (tertiary/aromatic N) is 2. The molecule has 1 aromatic carbocycles. The van der Waals surface area contributed by atoms with Crippen LogP contribution in [0.2, 0.25) is 0 Å². The molecule has 1 aliphatic rings. The highest BCUT2D eigenvalue weighted by molar-refractivity contribution is 7.89. The Labute approximate surface area is 165 Å². The molecule has 28 heavy (non-hydrogen) atoms. The van der Waals surface area contributed by atoms with Crippen LogP contribution in [0.15, 0.2) is 33.3 Å². The fourth-order valence-corrected chi connectivity index (χ4v) is 4.45. The topological polar surface area (TPSA) is 129 Å². The van der Waals surface area contributed by atoms with Crippen molar-refractivity contribution < 1.29 is 22.7 Å². The second-order valence-corrected chi connectivity index (χ2v) is 8.92. The van der Waals surface area contributed by atoms with Crippen LogP contribution in [-0.4, -0.2) is 37.5 Å².